The number of hydrogen-bond acceptors (Lipinski definition) is 2. The SMILES string of the molecule is COc1ccc(F)cc1C1NCCc2ccccc21. The highest BCUT2D eigenvalue weighted by atomic mass is 19.1. The highest BCUT2D eigenvalue weighted by Crippen LogP contribution is 2.34. The molecular weight excluding hydrogens is 241 g/mol. The van der Waals surface area contributed by atoms with Crippen LogP contribution >= 0.6 is 0 Å². The first-order chi connectivity index (χ1) is 9.29. The first-order valence-corrected chi connectivity index (χ1v) is 6.44. The number of ether oxygens (including phenoxy) is 1. The van der Waals surface area contributed by atoms with Gasteiger partial charge >= 0.3 is 0 Å². The Morgan fingerprint density at radius 2 is 2.00 bits per heavy atom. The maximum Gasteiger partial charge on any atom is 0.124 e. The highest BCUT2D eigenvalue weighted by molar-refractivity contribution is 5.45. The largest absolute Gasteiger partial charge is 0.496 e. The molecule has 0 spiro atoms. The highest BCUT2D eigenvalue weighted by Gasteiger charge is 2.23. The van der Waals surface area contributed by atoms with Crippen LogP contribution in [0.5, 0.6) is 5.75 Å². The molecule has 1 unspecified atom stereocenters. The van der Waals surface area contributed by atoms with E-state index in [1.807, 2.05) is 12.1 Å². The lowest BCUT2D eigenvalue weighted by atomic mass is 9.89. The summed E-state index contributed by atoms with van der Waals surface area (Å²) in [6.45, 7) is 0.890. The molecule has 0 saturated heterocycles. The molecule has 3 heteroatoms. The number of halogens is 1. The minimum Gasteiger partial charge on any atom is -0.496 e. The maximum atomic E-state index is 13.5. The van der Waals surface area contributed by atoms with Crippen molar-refractivity contribution in [1.82, 2.24) is 5.32 Å². The average molecular weight is 257 g/mol. The molecule has 19 heavy (non-hydrogen) atoms. The molecule has 0 aliphatic carbocycles. The molecule has 1 aliphatic rings. The Morgan fingerprint density at radius 3 is 2.84 bits per heavy atom. The van der Waals surface area contributed by atoms with Crippen LogP contribution in [-0.4, -0.2) is 13.7 Å². The van der Waals surface area contributed by atoms with E-state index in [4.69, 9.17) is 4.74 Å². The summed E-state index contributed by atoms with van der Waals surface area (Å²) in [5.41, 5.74) is 3.38. The van der Waals surface area contributed by atoms with Crippen molar-refractivity contribution in [2.24, 2.45) is 0 Å². The van der Waals surface area contributed by atoms with Crippen LogP contribution in [0.1, 0.15) is 22.7 Å². The summed E-state index contributed by atoms with van der Waals surface area (Å²) < 4.78 is 18.9. The van der Waals surface area contributed by atoms with Gasteiger partial charge in [-0.15, -0.1) is 0 Å². The van der Waals surface area contributed by atoms with Gasteiger partial charge in [-0.05, 0) is 35.7 Å². The Kier molecular flexibility index (Phi) is 3.22. The van der Waals surface area contributed by atoms with Crippen molar-refractivity contribution >= 4 is 0 Å². The van der Waals surface area contributed by atoms with Gasteiger partial charge in [0, 0.05) is 12.1 Å². The van der Waals surface area contributed by atoms with Crippen molar-refractivity contribution in [2.75, 3.05) is 13.7 Å². The lowest BCUT2D eigenvalue weighted by Gasteiger charge is -2.28. The Bertz CT molecular complexity index is 597. The lowest BCUT2D eigenvalue weighted by Crippen LogP contribution is -2.30. The number of benzene rings is 2. The predicted molar refractivity (Wildman–Crippen MR) is 72.9 cm³/mol. The average Bonchev–Trinajstić information content (AvgIpc) is 2.46. The van der Waals surface area contributed by atoms with Crippen molar-refractivity contribution in [3.05, 3.63) is 65.0 Å². The second-order valence-electron chi connectivity index (χ2n) is 4.72. The third-order valence-electron chi connectivity index (χ3n) is 3.61. The molecule has 0 saturated carbocycles. The molecule has 1 heterocycles. The standard InChI is InChI=1S/C16H16FNO/c1-19-15-7-6-12(17)10-14(15)16-13-5-3-2-4-11(13)8-9-18-16/h2-7,10,16,18H,8-9H2,1H3. The van der Waals surface area contributed by atoms with Crippen LogP contribution in [0, 0.1) is 5.82 Å². The van der Waals surface area contributed by atoms with Crippen molar-refractivity contribution in [3.8, 4) is 5.75 Å². The molecule has 2 nitrogen and oxygen atoms in total. The number of rotatable bonds is 2. The van der Waals surface area contributed by atoms with E-state index in [2.05, 4.69) is 17.4 Å². The van der Waals surface area contributed by atoms with Gasteiger partial charge in [0.15, 0.2) is 0 Å². The second-order valence-corrected chi connectivity index (χ2v) is 4.72. The monoisotopic (exact) mass is 257 g/mol. The summed E-state index contributed by atoms with van der Waals surface area (Å²) in [6, 6.07) is 13.0. The Balaban J connectivity index is 2.11. The lowest BCUT2D eigenvalue weighted by molar-refractivity contribution is 0.401. The summed E-state index contributed by atoms with van der Waals surface area (Å²) in [6.07, 6.45) is 1.00. The van der Waals surface area contributed by atoms with Crippen molar-refractivity contribution in [2.45, 2.75) is 12.5 Å². The van der Waals surface area contributed by atoms with Gasteiger partial charge in [-0.25, -0.2) is 4.39 Å². The maximum absolute atomic E-state index is 13.5. The summed E-state index contributed by atoms with van der Waals surface area (Å²) >= 11 is 0. The van der Waals surface area contributed by atoms with E-state index in [0.29, 0.717) is 0 Å². The van der Waals surface area contributed by atoms with Crippen LogP contribution in [-0.2, 0) is 6.42 Å². The molecule has 0 fully saturated rings. The van der Waals surface area contributed by atoms with Gasteiger partial charge in [-0.2, -0.15) is 0 Å². The van der Waals surface area contributed by atoms with E-state index < -0.39 is 0 Å². The van der Waals surface area contributed by atoms with Crippen LogP contribution in [0.4, 0.5) is 4.39 Å². The Morgan fingerprint density at radius 1 is 1.16 bits per heavy atom. The van der Waals surface area contributed by atoms with E-state index in [9.17, 15) is 4.39 Å². The fourth-order valence-corrected chi connectivity index (χ4v) is 2.71. The van der Waals surface area contributed by atoms with Gasteiger partial charge in [0.1, 0.15) is 11.6 Å². The second kappa shape index (κ2) is 5.02. The fraction of sp³-hybridized carbons (Fsp3) is 0.250. The summed E-state index contributed by atoms with van der Waals surface area (Å²) in [4.78, 5) is 0. The third kappa shape index (κ3) is 2.22. The number of methoxy groups -OCH3 is 1. The Labute approximate surface area is 112 Å². The van der Waals surface area contributed by atoms with E-state index in [-0.39, 0.29) is 11.9 Å². The van der Waals surface area contributed by atoms with E-state index in [0.717, 1.165) is 24.3 Å². The molecule has 2 aromatic rings. The zero-order valence-electron chi connectivity index (χ0n) is 10.8. The molecule has 0 bridgehead atoms. The molecule has 1 N–H and O–H groups in total. The topological polar surface area (TPSA) is 21.3 Å². The van der Waals surface area contributed by atoms with Crippen molar-refractivity contribution < 1.29 is 9.13 Å². The molecule has 0 aromatic heterocycles. The number of nitrogens with one attached hydrogen (secondary N) is 1. The first-order valence-electron chi connectivity index (χ1n) is 6.44. The fourth-order valence-electron chi connectivity index (χ4n) is 2.71. The van der Waals surface area contributed by atoms with Gasteiger partial charge in [-0.1, -0.05) is 24.3 Å². The summed E-state index contributed by atoms with van der Waals surface area (Å²) in [5.74, 6) is 0.483. The summed E-state index contributed by atoms with van der Waals surface area (Å²) in [5, 5.41) is 3.45. The quantitative estimate of drug-likeness (QED) is 0.892. The van der Waals surface area contributed by atoms with Crippen LogP contribution in [0.2, 0.25) is 0 Å². The van der Waals surface area contributed by atoms with Crippen molar-refractivity contribution in [3.63, 3.8) is 0 Å². The molecule has 3 rings (SSSR count). The van der Waals surface area contributed by atoms with E-state index >= 15 is 0 Å². The molecule has 0 radical (unpaired) electrons. The zero-order valence-corrected chi connectivity index (χ0v) is 10.8. The van der Waals surface area contributed by atoms with Crippen LogP contribution in [0.15, 0.2) is 42.5 Å². The van der Waals surface area contributed by atoms with Gasteiger partial charge < -0.3 is 10.1 Å². The van der Waals surface area contributed by atoms with Crippen LogP contribution in [0.25, 0.3) is 0 Å². The van der Waals surface area contributed by atoms with Crippen LogP contribution in [0.3, 0.4) is 0 Å². The molecular formula is C16H16FNO. The smallest absolute Gasteiger partial charge is 0.124 e. The van der Waals surface area contributed by atoms with Gasteiger partial charge in [-0.3, -0.25) is 0 Å². The number of fused-ring (bicyclic) bond motifs is 1. The summed E-state index contributed by atoms with van der Waals surface area (Å²) in [7, 11) is 1.62. The molecule has 2 aromatic carbocycles. The van der Waals surface area contributed by atoms with Gasteiger partial charge in [0.2, 0.25) is 0 Å². The molecule has 98 valence electrons. The number of hydrogen-bond donors (Lipinski definition) is 1. The molecule has 1 atom stereocenters. The minimum atomic E-state index is -0.236. The third-order valence-corrected chi connectivity index (χ3v) is 3.61. The van der Waals surface area contributed by atoms with Gasteiger partial charge in [0.05, 0.1) is 13.2 Å². The van der Waals surface area contributed by atoms with Crippen LogP contribution < -0.4 is 10.1 Å². The van der Waals surface area contributed by atoms with Gasteiger partial charge in [0.25, 0.3) is 0 Å². The molecule has 1 aliphatic heterocycles. The minimum absolute atomic E-state index is 0.00407. The van der Waals surface area contributed by atoms with E-state index in [1.165, 1.54) is 17.2 Å². The van der Waals surface area contributed by atoms with Crippen molar-refractivity contribution in [1.29, 1.82) is 0 Å². The zero-order chi connectivity index (χ0) is 13.2. The van der Waals surface area contributed by atoms with E-state index in [1.54, 1.807) is 19.2 Å². The Hall–Kier alpha value is -1.87. The first kappa shape index (κ1) is 12.2. The predicted octanol–water partition coefficient (Wildman–Crippen LogP) is 3.07. The normalized spacial score (nSPS) is 17.9. The molecule has 0 amide bonds.